The number of hydrogen-bond acceptors (Lipinski definition) is 1. The molecule has 1 heteroatoms. The Morgan fingerprint density at radius 2 is 2.17 bits per heavy atom. The van der Waals surface area contributed by atoms with Gasteiger partial charge in [0.25, 0.3) is 0 Å². The molecule has 0 aromatic carbocycles. The maximum absolute atomic E-state index is 4.23. The Hall–Kier alpha value is -1.37. The Kier molecular flexibility index (Phi) is 3.27. The van der Waals surface area contributed by atoms with E-state index >= 15 is 0 Å². The van der Waals surface area contributed by atoms with Gasteiger partial charge < -0.3 is 0 Å². The first-order valence-electron chi connectivity index (χ1n) is 4.05. The summed E-state index contributed by atoms with van der Waals surface area (Å²) < 4.78 is 0. The molecule has 0 saturated heterocycles. The standard InChI is InChI=1S/C11H13N/c1-3-4-5-8-11-10(2)7-6-9-12-11/h3-9H,1-2H3/b4-3+,8-5-. The maximum Gasteiger partial charge on any atom is 0.0658 e. The van der Waals surface area contributed by atoms with Crippen molar-refractivity contribution in [3.05, 3.63) is 47.8 Å². The monoisotopic (exact) mass is 159 g/mol. The predicted octanol–water partition coefficient (Wildman–Crippen LogP) is 2.98. The van der Waals surface area contributed by atoms with E-state index in [1.807, 2.05) is 43.5 Å². The van der Waals surface area contributed by atoms with Crippen LogP contribution in [0.1, 0.15) is 18.2 Å². The van der Waals surface area contributed by atoms with Crippen LogP contribution in [0, 0.1) is 6.92 Å². The van der Waals surface area contributed by atoms with Crippen molar-refractivity contribution >= 4 is 6.08 Å². The highest BCUT2D eigenvalue weighted by atomic mass is 14.7. The summed E-state index contributed by atoms with van der Waals surface area (Å²) in [6.07, 6.45) is 9.80. The summed E-state index contributed by atoms with van der Waals surface area (Å²) in [6.45, 7) is 4.05. The first kappa shape index (κ1) is 8.72. The van der Waals surface area contributed by atoms with E-state index in [1.54, 1.807) is 0 Å². The molecule has 0 N–H and O–H groups in total. The first-order chi connectivity index (χ1) is 5.84. The molecule has 0 unspecified atom stereocenters. The molecule has 62 valence electrons. The van der Waals surface area contributed by atoms with Gasteiger partial charge in [0.05, 0.1) is 5.69 Å². The van der Waals surface area contributed by atoms with Crippen molar-refractivity contribution in [3.63, 3.8) is 0 Å². The zero-order valence-corrected chi connectivity index (χ0v) is 7.49. The van der Waals surface area contributed by atoms with Crippen LogP contribution >= 0.6 is 0 Å². The summed E-state index contributed by atoms with van der Waals surface area (Å²) in [5, 5.41) is 0. The normalized spacial score (nSPS) is 11.5. The van der Waals surface area contributed by atoms with Crippen LogP contribution < -0.4 is 0 Å². The molecule has 0 saturated carbocycles. The minimum absolute atomic E-state index is 1.04. The zero-order valence-electron chi connectivity index (χ0n) is 7.49. The summed E-state index contributed by atoms with van der Waals surface area (Å²) in [4.78, 5) is 4.23. The van der Waals surface area contributed by atoms with Crippen LogP contribution in [0.3, 0.4) is 0 Å². The molecule has 1 aromatic rings. The number of aryl methyl sites for hydroxylation is 1. The van der Waals surface area contributed by atoms with Gasteiger partial charge in [0.2, 0.25) is 0 Å². The molecule has 0 fully saturated rings. The third-order valence-electron chi connectivity index (χ3n) is 1.61. The lowest BCUT2D eigenvalue weighted by Gasteiger charge is -1.95. The van der Waals surface area contributed by atoms with E-state index in [9.17, 15) is 0 Å². The second-order valence-electron chi connectivity index (χ2n) is 2.59. The fraction of sp³-hybridized carbons (Fsp3) is 0.182. The van der Waals surface area contributed by atoms with Gasteiger partial charge in [0.1, 0.15) is 0 Å². The molecule has 0 aliphatic rings. The molecule has 12 heavy (non-hydrogen) atoms. The van der Waals surface area contributed by atoms with Crippen LogP contribution in [0.25, 0.3) is 6.08 Å². The van der Waals surface area contributed by atoms with Crippen LogP contribution in [0.15, 0.2) is 36.6 Å². The fourth-order valence-corrected chi connectivity index (χ4v) is 0.930. The van der Waals surface area contributed by atoms with Crippen molar-refractivity contribution in [2.24, 2.45) is 0 Å². The number of hydrogen-bond donors (Lipinski definition) is 0. The van der Waals surface area contributed by atoms with Crippen molar-refractivity contribution in [2.75, 3.05) is 0 Å². The van der Waals surface area contributed by atoms with Crippen LogP contribution in [0.2, 0.25) is 0 Å². The first-order valence-corrected chi connectivity index (χ1v) is 4.05. The van der Waals surface area contributed by atoms with Gasteiger partial charge in [-0.25, -0.2) is 0 Å². The average molecular weight is 159 g/mol. The summed E-state index contributed by atoms with van der Waals surface area (Å²) in [7, 11) is 0. The number of nitrogens with zero attached hydrogens (tertiary/aromatic N) is 1. The minimum Gasteiger partial charge on any atom is -0.257 e. The highest BCUT2D eigenvalue weighted by Crippen LogP contribution is 2.04. The van der Waals surface area contributed by atoms with Gasteiger partial charge >= 0.3 is 0 Å². The lowest BCUT2D eigenvalue weighted by atomic mass is 10.2. The second-order valence-corrected chi connectivity index (χ2v) is 2.59. The van der Waals surface area contributed by atoms with Crippen LogP contribution in [-0.2, 0) is 0 Å². The SMILES string of the molecule is C/C=C/C=C\c1ncccc1C. The Morgan fingerprint density at radius 3 is 2.83 bits per heavy atom. The molecule has 0 aliphatic carbocycles. The number of rotatable bonds is 2. The zero-order chi connectivity index (χ0) is 8.81. The van der Waals surface area contributed by atoms with Crippen LogP contribution in [0.4, 0.5) is 0 Å². The molecule has 0 aliphatic heterocycles. The Bertz CT molecular complexity index is 298. The van der Waals surface area contributed by atoms with Crippen molar-refractivity contribution in [1.82, 2.24) is 4.98 Å². The topological polar surface area (TPSA) is 12.9 Å². The Balaban J connectivity index is 2.82. The van der Waals surface area contributed by atoms with E-state index < -0.39 is 0 Å². The molecule has 1 nitrogen and oxygen atoms in total. The lowest BCUT2D eigenvalue weighted by Crippen LogP contribution is -1.83. The molecule has 0 amide bonds. The smallest absolute Gasteiger partial charge is 0.0658 e. The summed E-state index contributed by atoms with van der Waals surface area (Å²) in [6, 6.07) is 4.00. The molecule has 1 aromatic heterocycles. The highest BCUT2D eigenvalue weighted by Gasteiger charge is 1.90. The van der Waals surface area contributed by atoms with Crippen LogP contribution in [-0.4, -0.2) is 4.98 Å². The fourth-order valence-electron chi connectivity index (χ4n) is 0.930. The summed E-state index contributed by atoms with van der Waals surface area (Å²) in [5.74, 6) is 0. The largest absolute Gasteiger partial charge is 0.257 e. The van der Waals surface area contributed by atoms with E-state index in [0.717, 1.165) is 5.69 Å². The maximum atomic E-state index is 4.23. The van der Waals surface area contributed by atoms with Gasteiger partial charge in [-0.2, -0.15) is 0 Å². The van der Waals surface area contributed by atoms with Crippen molar-refractivity contribution in [3.8, 4) is 0 Å². The quantitative estimate of drug-likeness (QED) is 0.604. The molecule has 0 atom stereocenters. The molecular formula is C11H13N. The summed E-state index contributed by atoms with van der Waals surface area (Å²) in [5.41, 5.74) is 2.24. The van der Waals surface area contributed by atoms with Gasteiger partial charge in [-0.15, -0.1) is 0 Å². The van der Waals surface area contributed by atoms with E-state index in [0.29, 0.717) is 0 Å². The minimum atomic E-state index is 1.04. The van der Waals surface area contributed by atoms with E-state index in [-0.39, 0.29) is 0 Å². The predicted molar refractivity (Wildman–Crippen MR) is 52.8 cm³/mol. The van der Waals surface area contributed by atoms with Crippen molar-refractivity contribution in [2.45, 2.75) is 13.8 Å². The van der Waals surface area contributed by atoms with Gasteiger partial charge in [0.15, 0.2) is 0 Å². The number of pyridine rings is 1. The second kappa shape index (κ2) is 4.50. The van der Waals surface area contributed by atoms with Crippen molar-refractivity contribution in [1.29, 1.82) is 0 Å². The molecule has 1 rings (SSSR count). The lowest BCUT2D eigenvalue weighted by molar-refractivity contribution is 1.24. The van der Waals surface area contributed by atoms with E-state index in [2.05, 4.69) is 18.0 Å². The Morgan fingerprint density at radius 1 is 1.33 bits per heavy atom. The summed E-state index contributed by atoms with van der Waals surface area (Å²) >= 11 is 0. The van der Waals surface area contributed by atoms with Crippen molar-refractivity contribution < 1.29 is 0 Å². The van der Waals surface area contributed by atoms with Gasteiger partial charge in [-0.05, 0) is 31.6 Å². The molecular weight excluding hydrogens is 146 g/mol. The Labute approximate surface area is 73.5 Å². The van der Waals surface area contributed by atoms with Gasteiger partial charge in [0, 0.05) is 6.20 Å². The number of allylic oxidation sites excluding steroid dienone is 3. The highest BCUT2D eigenvalue weighted by molar-refractivity contribution is 5.50. The van der Waals surface area contributed by atoms with Gasteiger partial charge in [-0.3, -0.25) is 4.98 Å². The van der Waals surface area contributed by atoms with E-state index in [4.69, 9.17) is 0 Å². The van der Waals surface area contributed by atoms with Gasteiger partial charge in [-0.1, -0.05) is 24.3 Å². The number of aromatic nitrogens is 1. The third kappa shape index (κ3) is 2.35. The molecule has 1 heterocycles. The van der Waals surface area contributed by atoms with Crippen LogP contribution in [0.5, 0.6) is 0 Å². The molecule has 0 spiro atoms. The van der Waals surface area contributed by atoms with E-state index in [1.165, 1.54) is 5.56 Å². The average Bonchev–Trinajstić information content (AvgIpc) is 2.09. The molecule has 0 bridgehead atoms. The third-order valence-corrected chi connectivity index (χ3v) is 1.61. The molecule has 0 radical (unpaired) electrons.